The van der Waals surface area contributed by atoms with E-state index in [9.17, 15) is 40.5 Å². The Balaban J connectivity index is 1.88. The Bertz CT molecular complexity index is 803. The molecule has 278 valence electrons. The van der Waals surface area contributed by atoms with Crippen LogP contribution in [0.3, 0.4) is 0 Å². The van der Waals surface area contributed by atoms with Crippen LogP contribution in [0.4, 0.5) is 0 Å². The van der Waals surface area contributed by atoms with Crippen LogP contribution < -0.4 is 0 Å². The Morgan fingerprint density at radius 1 is 0.617 bits per heavy atom. The number of hydrogen-bond acceptors (Lipinski definition) is 14. The maximum absolute atomic E-state index is 12.5. The number of ether oxygens (including phenoxy) is 6. The third-order valence-corrected chi connectivity index (χ3v) is 8.62. The molecule has 0 saturated carbocycles. The van der Waals surface area contributed by atoms with Crippen LogP contribution in [0.15, 0.2) is 0 Å². The van der Waals surface area contributed by atoms with Crippen LogP contribution in [-0.4, -0.2) is 142 Å². The van der Waals surface area contributed by atoms with Gasteiger partial charge in [0.25, 0.3) is 0 Å². The second kappa shape index (κ2) is 24.2. The van der Waals surface area contributed by atoms with Crippen LogP contribution >= 0.6 is 0 Å². The van der Waals surface area contributed by atoms with E-state index in [0.29, 0.717) is 13.0 Å². The first-order valence-electron chi connectivity index (χ1n) is 17.6. The first-order valence-corrected chi connectivity index (χ1v) is 17.6. The lowest BCUT2D eigenvalue weighted by molar-refractivity contribution is -0.332. The number of unbranched alkanes of at least 4 members (excludes halogenated alkanes) is 11. The van der Waals surface area contributed by atoms with E-state index in [1.807, 2.05) is 0 Å². The normalized spacial score (nSPS) is 31.9. The van der Waals surface area contributed by atoms with E-state index >= 15 is 0 Å². The molecule has 2 heterocycles. The molecule has 11 atom stereocenters. The second-order valence-electron chi connectivity index (χ2n) is 12.7. The maximum atomic E-state index is 12.5. The molecule has 0 aromatic heterocycles. The molecule has 0 aliphatic carbocycles. The lowest BCUT2D eigenvalue weighted by atomic mass is 9.98. The lowest BCUT2D eigenvalue weighted by Gasteiger charge is -2.42. The van der Waals surface area contributed by atoms with E-state index in [0.717, 1.165) is 38.5 Å². The van der Waals surface area contributed by atoms with Gasteiger partial charge in [0.1, 0.15) is 54.9 Å². The third-order valence-electron chi connectivity index (χ3n) is 8.62. The van der Waals surface area contributed by atoms with E-state index in [2.05, 4.69) is 13.8 Å². The SMILES string of the molecule is CCCCCCCCCCCOCC(COC1OC(COC2OC(CO)C(O)C(O)C2O)C(O)C(O)C1O)OC(=O)CCCCCC. The zero-order chi connectivity index (χ0) is 34.6. The molecule has 0 aromatic rings. The minimum atomic E-state index is -1.69. The summed E-state index contributed by atoms with van der Waals surface area (Å²) in [6.07, 6.45) is -1.58. The van der Waals surface area contributed by atoms with Gasteiger partial charge in [0.2, 0.25) is 0 Å². The van der Waals surface area contributed by atoms with Crippen molar-refractivity contribution < 1.29 is 69.0 Å². The van der Waals surface area contributed by atoms with Crippen molar-refractivity contribution in [3.05, 3.63) is 0 Å². The number of aliphatic hydroxyl groups is 7. The fraction of sp³-hybridized carbons (Fsp3) is 0.970. The van der Waals surface area contributed by atoms with Gasteiger partial charge in [0.15, 0.2) is 12.6 Å². The highest BCUT2D eigenvalue weighted by molar-refractivity contribution is 5.69. The van der Waals surface area contributed by atoms with Crippen molar-refractivity contribution in [1.82, 2.24) is 0 Å². The summed E-state index contributed by atoms with van der Waals surface area (Å²) in [7, 11) is 0. The predicted molar refractivity (Wildman–Crippen MR) is 169 cm³/mol. The van der Waals surface area contributed by atoms with Crippen molar-refractivity contribution in [3.8, 4) is 0 Å². The molecule has 11 unspecified atom stereocenters. The van der Waals surface area contributed by atoms with Crippen LogP contribution in [0.5, 0.6) is 0 Å². The largest absolute Gasteiger partial charge is 0.457 e. The molecule has 14 nitrogen and oxygen atoms in total. The average Bonchev–Trinajstić information content (AvgIpc) is 3.06. The number of carbonyl (C=O) groups is 1. The summed E-state index contributed by atoms with van der Waals surface area (Å²) in [5.74, 6) is -0.396. The average molecular weight is 683 g/mol. The molecule has 2 rings (SSSR count). The van der Waals surface area contributed by atoms with Crippen molar-refractivity contribution >= 4 is 5.97 Å². The highest BCUT2D eigenvalue weighted by Gasteiger charge is 2.47. The second-order valence-corrected chi connectivity index (χ2v) is 12.7. The zero-order valence-corrected chi connectivity index (χ0v) is 28.3. The van der Waals surface area contributed by atoms with Crippen LogP contribution in [0, 0.1) is 0 Å². The molecule has 0 radical (unpaired) electrons. The van der Waals surface area contributed by atoms with Crippen LogP contribution in [0.1, 0.15) is 104 Å². The van der Waals surface area contributed by atoms with Gasteiger partial charge in [0, 0.05) is 13.0 Å². The van der Waals surface area contributed by atoms with Gasteiger partial charge in [-0.3, -0.25) is 4.79 Å². The molecule has 2 fully saturated rings. The Labute approximate surface area is 279 Å². The number of esters is 1. The standard InChI is InChI=1S/C33H62O14/c1-3-5-7-9-10-11-12-13-15-17-42-19-22(45-25(35)16-14-8-6-4-2)20-43-32-31(41)29(39)27(37)24(47-32)21-44-33-30(40)28(38)26(36)23(18-34)46-33/h22-24,26-34,36-41H,3-21H2,1-2H3. The van der Waals surface area contributed by atoms with E-state index in [4.69, 9.17) is 28.4 Å². The summed E-state index contributed by atoms with van der Waals surface area (Å²) in [5, 5.41) is 71.1. The Morgan fingerprint density at radius 2 is 1.13 bits per heavy atom. The highest BCUT2D eigenvalue weighted by atomic mass is 16.7. The topological polar surface area (TPSA) is 214 Å². The summed E-state index contributed by atoms with van der Waals surface area (Å²) in [6.45, 7) is 3.50. The summed E-state index contributed by atoms with van der Waals surface area (Å²) in [4.78, 5) is 12.5. The van der Waals surface area contributed by atoms with Crippen LogP contribution in [-0.2, 0) is 33.2 Å². The highest BCUT2D eigenvalue weighted by Crippen LogP contribution is 2.26. The molecule has 2 aliphatic heterocycles. The van der Waals surface area contributed by atoms with Crippen molar-refractivity contribution in [2.24, 2.45) is 0 Å². The quantitative estimate of drug-likeness (QED) is 0.0530. The monoisotopic (exact) mass is 682 g/mol. The number of hydrogen-bond donors (Lipinski definition) is 7. The first kappa shape index (κ1) is 42.2. The van der Waals surface area contributed by atoms with Gasteiger partial charge < -0.3 is 64.2 Å². The van der Waals surface area contributed by atoms with Gasteiger partial charge in [-0.15, -0.1) is 0 Å². The summed E-state index contributed by atoms with van der Waals surface area (Å²) in [5.41, 5.74) is 0. The van der Waals surface area contributed by atoms with Gasteiger partial charge in [0.05, 0.1) is 26.4 Å². The molecule has 0 amide bonds. The van der Waals surface area contributed by atoms with Crippen LogP contribution in [0.2, 0.25) is 0 Å². The fourth-order valence-electron chi connectivity index (χ4n) is 5.58. The molecule has 2 aliphatic rings. The van der Waals surface area contributed by atoms with Gasteiger partial charge in [-0.05, 0) is 12.8 Å². The Morgan fingerprint density at radius 3 is 1.72 bits per heavy atom. The minimum Gasteiger partial charge on any atom is -0.457 e. The van der Waals surface area contributed by atoms with E-state index in [1.54, 1.807) is 0 Å². The predicted octanol–water partition coefficient (Wildman–Crippen LogP) is 1.06. The smallest absolute Gasteiger partial charge is 0.306 e. The summed E-state index contributed by atoms with van der Waals surface area (Å²) in [6, 6.07) is 0. The van der Waals surface area contributed by atoms with Gasteiger partial charge in [-0.25, -0.2) is 0 Å². The molecule has 2 saturated heterocycles. The van der Waals surface area contributed by atoms with Crippen molar-refractivity contribution in [1.29, 1.82) is 0 Å². The number of rotatable bonds is 25. The van der Waals surface area contributed by atoms with E-state index in [-0.39, 0.29) is 19.6 Å². The van der Waals surface area contributed by atoms with Crippen LogP contribution in [0.25, 0.3) is 0 Å². The maximum Gasteiger partial charge on any atom is 0.306 e. The Hall–Kier alpha value is -1.01. The molecule has 14 heteroatoms. The molecule has 47 heavy (non-hydrogen) atoms. The number of carbonyl (C=O) groups excluding carboxylic acids is 1. The molecular formula is C33H62O14. The molecule has 0 bridgehead atoms. The molecule has 0 spiro atoms. The fourth-order valence-corrected chi connectivity index (χ4v) is 5.58. The van der Waals surface area contributed by atoms with Crippen molar-refractivity contribution in [2.75, 3.05) is 33.0 Å². The molecular weight excluding hydrogens is 620 g/mol. The first-order chi connectivity index (χ1) is 22.6. The van der Waals surface area contributed by atoms with Gasteiger partial charge in [-0.1, -0.05) is 84.5 Å². The van der Waals surface area contributed by atoms with E-state index in [1.165, 1.54) is 38.5 Å². The summed E-state index contributed by atoms with van der Waals surface area (Å²) >= 11 is 0. The summed E-state index contributed by atoms with van der Waals surface area (Å²) < 4.78 is 33.6. The van der Waals surface area contributed by atoms with E-state index < -0.39 is 86.7 Å². The lowest BCUT2D eigenvalue weighted by Crippen LogP contribution is -2.61. The Kier molecular flexibility index (Phi) is 21.7. The number of aliphatic hydroxyl groups excluding tert-OH is 7. The third kappa shape index (κ3) is 15.2. The van der Waals surface area contributed by atoms with Gasteiger partial charge in [-0.2, -0.15) is 0 Å². The minimum absolute atomic E-state index is 0.0648. The van der Waals surface area contributed by atoms with Gasteiger partial charge >= 0.3 is 5.97 Å². The van der Waals surface area contributed by atoms with Crippen molar-refractivity contribution in [2.45, 2.75) is 171 Å². The molecule has 0 aromatic carbocycles. The zero-order valence-electron chi connectivity index (χ0n) is 28.3. The molecule has 7 N–H and O–H groups in total. The van der Waals surface area contributed by atoms with Crippen molar-refractivity contribution in [3.63, 3.8) is 0 Å².